The van der Waals surface area contributed by atoms with Gasteiger partial charge in [0.05, 0.1) is 0 Å². The number of hydrogen-bond acceptors (Lipinski definition) is 3. The smallest absolute Gasteiger partial charge is 0.128 e. The Morgan fingerprint density at radius 2 is 1.76 bits per heavy atom. The van der Waals surface area contributed by atoms with Crippen LogP contribution < -0.4 is 4.74 Å². The van der Waals surface area contributed by atoms with Crippen molar-refractivity contribution in [3.05, 3.63) is 89.1 Å². The van der Waals surface area contributed by atoms with Gasteiger partial charge in [0.1, 0.15) is 23.8 Å². The summed E-state index contributed by atoms with van der Waals surface area (Å²) >= 11 is 5.91. The van der Waals surface area contributed by atoms with Crippen LogP contribution in [0.15, 0.2) is 72.8 Å². The van der Waals surface area contributed by atoms with Gasteiger partial charge in [-0.1, -0.05) is 61.0 Å². The molecule has 0 atom stereocenters. The highest BCUT2D eigenvalue weighted by molar-refractivity contribution is 6.30. The molecule has 4 nitrogen and oxygen atoms in total. The van der Waals surface area contributed by atoms with E-state index < -0.39 is 0 Å². The highest BCUT2D eigenvalue weighted by atomic mass is 35.5. The number of rotatable bonds is 6. The Kier molecular flexibility index (Phi) is 5.54. The molecule has 0 saturated heterocycles. The van der Waals surface area contributed by atoms with E-state index in [0.717, 1.165) is 34.5 Å². The molecular formula is C24H21ClN2O2. The molecule has 29 heavy (non-hydrogen) atoms. The molecule has 0 aliphatic rings. The number of benzene rings is 3. The fraction of sp³-hybridized carbons (Fsp3) is 0.125. The Morgan fingerprint density at radius 3 is 2.45 bits per heavy atom. The van der Waals surface area contributed by atoms with E-state index in [4.69, 9.17) is 16.3 Å². The zero-order chi connectivity index (χ0) is 20.2. The van der Waals surface area contributed by atoms with Crippen LogP contribution in [-0.2, 0) is 13.0 Å². The van der Waals surface area contributed by atoms with Crippen LogP contribution in [0.25, 0.3) is 22.4 Å². The van der Waals surface area contributed by atoms with E-state index in [9.17, 15) is 5.11 Å². The molecule has 0 bridgehead atoms. The summed E-state index contributed by atoms with van der Waals surface area (Å²) in [6.45, 7) is 2.48. The summed E-state index contributed by atoms with van der Waals surface area (Å²) in [5.74, 6) is 0.721. The number of nitrogens with zero attached hydrogens (tertiary/aromatic N) is 1. The minimum absolute atomic E-state index is 0.130. The number of nitrogens with one attached hydrogen (secondary N) is 1. The summed E-state index contributed by atoms with van der Waals surface area (Å²) in [4.78, 5) is 0. The van der Waals surface area contributed by atoms with Gasteiger partial charge in [-0.3, -0.25) is 5.10 Å². The van der Waals surface area contributed by atoms with Gasteiger partial charge >= 0.3 is 0 Å². The second kappa shape index (κ2) is 8.41. The van der Waals surface area contributed by atoms with E-state index in [1.165, 1.54) is 0 Å². The predicted octanol–water partition coefficient (Wildman–Crippen LogP) is 6.24. The number of aromatic nitrogens is 2. The number of halogens is 1. The van der Waals surface area contributed by atoms with Crippen molar-refractivity contribution >= 4 is 11.6 Å². The number of aromatic amines is 1. The lowest BCUT2D eigenvalue weighted by Crippen LogP contribution is -1.95. The Morgan fingerprint density at radius 1 is 1.00 bits per heavy atom. The number of phenolic OH excluding ortho intramolecular Hbond substituents is 1. The van der Waals surface area contributed by atoms with Crippen molar-refractivity contribution in [3.8, 4) is 33.9 Å². The lowest BCUT2D eigenvalue weighted by atomic mass is 9.97. The summed E-state index contributed by atoms with van der Waals surface area (Å²) in [6.07, 6.45) is 0.820. The SMILES string of the molecule is CCc1[nH]nc(-c2ccc(OCc3ccc(Cl)cc3)cc2O)c1-c1ccccc1. The lowest BCUT2D eigenvalue weighted by molar-refractivity contribution is 0.304. The summed E-state index contributed by atoms with van der Waals surface area (Å²) in [5.41, 5.74) is 5.51. The molecule has 0 saturated carbocycles. The first kappa shape index (κ1) is 19.1. The van der Waals surface area contributed by atoms with E-state index in [0.29, 0.717) is 22.9 Å². The molecule has 0 aliphatic heterocycles. The van der Waals surface area contributed by atoms with Gasteiger partial charge in [-0.25, -0.2) is 0 Å². The third-order valence-electron chi connectivity index (χ3n) is 4.80. The number of phenols is 1. The van der Waals surface area contributed by atoms with Crippen LogP contribution in [0, 0.1) is 0 Å². The standard InChI is InChI=1S/C24H21ClN2O2/c1-2-21-23(17-6-4-3-5-7-17)24(27-26-21)20-13-12-19(14-22(20)28)29-15-16-8-10-18(25)11-9-16/h3-14,28H,2,15H2,1H3,(H,26,27). The van der Waals surface area contributed by atoms with Gasteiger partial charge in [-0.15, -0.1) is 0 Å². The van der Waals surface area contributed by atoms with Crippen LogP contribution >= 0.6 is 11.6 Å². The van der Waals surface area contributed by atoms with E-state index in [-0.39, 0.29) is 5.75 Å². The fourth-order valence-corrected chi connectivity index (χ4v) is 3.42. The van der Waals surface area contributed by atoms with Gasteiger partial charge in [0.25, 0.3) is 0 Å². The molecule has 146 valence electrons. The average Bonchev–Trinajstić information content (AvgIpc) is 3.18. The minimum atomic E-state index is 0.130. The molecule has 4 rings (SSSR count). The molecule has 1 heterocycles. The van der Waals surface area contributed by atoms with Crippen molar-refractivity contribution in [3.63, 3.8) is 0 Å². The van der Waals surface area contributed by atoms with Gasteiger partial charge in [0.15, 0.2) is 0 Å². The number of aromatic hydroxyl groups is 1. The van der Waals surface area contributed by atoms with Crippen molar-refractivity contribution in [2.24, 2.45) is 0 Å². The Bertz CT molecular complexity index is 1110. The van der Waals surface area contributed by atoms with Crippen molar-refractivity contribution < 1.29 is 9.84 Å². The largest absolute Gasteiger partial charge is 0.507 e. The summed E-state index contributed by atoms with van der Waals surface area (Å²) in [5, 5.41) is 19.0. The second-order valence-corrected chi connectivity index (χ2v) is 7.18. The molecule has 1 aromatic heterocycles. The minimum Gasteiger partial charge on any atom is -0.507 e. The molecule has 3 aromatic carbocycles. The number of hydrogen-bond donors (Lipinski definition) is 2. The van der Waals surface area contributed by atoms with Gasteiger partial charge in [-0.2, -0.15) is 5.10 Å². The quantitative estimate of drug-likeness (QED) is 0.399. The normalized spacial score (nSPS) is 10.8. The molecule has 0 radical (unpaired) electrons. The van der Waals surface area contributed by atoms with Crippen molar-refractivity contribution in [1.29, 1.82) is 0 Å². The van der Waals surface area contributed by atoms with Crippen LogP contribution in [0.1, 0.15) is 18.2 Å². The maximum Gasteiger partial charge on any atom is 0.128 e. The van der Waals surface area contributed by atoms with Crippen molar-refractivity contribution in [2.75, 3.05) is 0 Å². The topological polar surface area (TPSA) is 58.1 Å². The summed E-state index contributed by atoms with van der Waals surface area (Å²) in [6, 6.07) is 22.9. The molecule has 0 aliphatic carbocycles. The van der Waals surface area contributed by atoms with Crippen LogP contribution in [0.3, 0.4) is 0 Å². The zero-order valence-electron chi connectivity index (χ0n) is 16.0. The summed E-state index contributed by atoms with van der Waals surface area (Å²) in [7, 11) is 0. The molecular weight excluding hydrogens is 384 g/mol. The molecule has 0 amide bonds. The molecule has 0 fully saturated rings. The fourth-order valence-electron chi connectivity index (χ4n) is 3.29. The van der Waals surface area contributed by atoms with Crippen molar-refractivity contribution in [1.82, 2.24) is 10.2 Å². The number of aryl methyl sites for hydroxylation is 1. The van der Waals surface area contributed by atoms with E-state index in [2.05, 4.69) is 17.1 Å². The molecule has 0 unspecified atom stereocenters. The highest BCUT2D eigenvalue weighted by Gasteiger charge is 2.18. The first-order chi connectivity index (χ1) is 14.2. The maximum atomic E-state index is 10.7. The predicted molar refractivity (Wildman–Crippen MR) is 116 cm³/mol. The maximum absolute atomic E-state index is 10.7. The highest BCUT2D eigenvalue weighted by Crippen LogP contribution is 2.39. The first-order valence-electron chi connectivity index (χ1n) is 9.49. The number of ether oxygens (including phenoxy) is 1. The molecule has 0 spiro atoms. The third-order valence-corrected chi connectivity index (χ3v) is 5.05. The first-order valence-corrected chi connectivity index (χ1v) is 9.86. The molecule has 4 aromatic rings. The number of H-pyrrole nitrogens is 1. The van der Waals surface area contributed by atoms with Gasteiger partial charge in [0.2, 0.25) is 0 Å². The van der Waals surface area contributed by atoms with Crippen molar-refractivity contribution in [2.45, 2.75) is 20.0 Å². The van der Waals surface area contributed by atoms with E-state index in [1.807, 2.05) is 66.7 Å². The van der Waals surface area contributed by atoms with Gasteiger partial charge < -0.3 is 9.84 Å². The lowest BCUT2D eigenvalue weighted by Gasteiger charge is -2.10. The molecule has 5 heteroatoms. The third kappa shape index (κ3) is 4.13. The van der Waals surface area contributed by atoms with Crippen LogP contribution in [-0.4, -0.2) is 15.3 Å². The van der Waals surface area contributed by atoms with E-state index in [1.54, 1.807) is 6.07 Å². The average molecular weight is 405 g/mol. The van der Waals surface area contributed by atoms with Crippen LogP contribution in [0.5, 0.6) is 11.5 Å². The van der Waals surface area contributed by atoms with Crippen LogP contribution in [0.4, 0.5) is 0 Å². The summed E-state index contributed by atoms with van der Waals surface area (Å²) < 4.78 is 5.81. The second-order valence-electron chi connectivity index (χ2n) is 6.74. The van der Waals surface area contributed by atoms with Gasteiger partial charge in [-0.05, 0) is 41.8 Å². The Labute approximate surface area is 174 Å². The Balaban J connectivity index is 1.62. The Hall–Kier alpha value is -3.24. The monoisotopic (exact) mass is 404 g/mol. The van der Waals surface area contributed by atoms with Crippen LogP contribution in [0.2, 0.25) is 5.02 Å². The molecule has 2 N–H and O–H groups in total. The zero-order valence-corrected chi connectivity index (χ0v) is 16.8. The van der Waals surface area contributed by atoms with Gasteiger partial charge in [0, 0.05) is 27.9 Å². The van der Waals surface area contributed by atoms with E-state index >= 15 is 0 Å².